The number of pyridine rings is 1. The molecule has 1 fully saturated rings. The second kappa shape index (κ2) is 8.69. The Morgan fingerprint density at radius 1 is 1.14 bits per heavy atom. The van der Waals surface area contributed by atoms with Gasteiger partial charge in [-0.25, -0.2) is 4.98 Å². The number of benzene rings is 1. The standard InChI is InChI=1S/C15H13N3O.C9H11N.H2/c1-11-4-5-13(17-10-19)7-14(11)12-8-16-15-3-2-6-18(15)9-12;1-2-7-10-9(6-1)8-4-3-5-8;/h2-10H,1H3,(H,17,19);1-2,6-8H,3-5H2;1H. The maximum absolute atomic E-state index is 10.5. The van der Waals surface area contributed by atoms with Crippen LogP contribution in [0, 0.1) is 6.92 Å². The number of carbonyl (C=O) groups is 1. The van der Waals surface area contributed by atoms with Gasteiger partial charge in [0.05, 0.1) is 0 Å². The van der Waals surface area contributed by atoms with Crippen LogP contribution in [0.5, 0.6) is 0 Å². The topological polar surface area (TPSA) is 59.3 Å². The van der Waals surface area contributed by atoms with Gasteiger partial charge in [0.25, 0.3) is 0 Å². The molecule has 1 saturated carbocycles. The summed E-state index contributed by atoms with van der Waals surface area (Å²) in [6.07, 6.45) is 12.5. The molecule has 5 nitrogen and oxygen atoms in total. The van der Waals surface area contributed by atoms with Crippen molar-refractivity contribution >= 4 is 17.7 Å². The molecule has 3 heterocycles. The summed E-state index contributed by atoms with van der Waals surface area (Å²) in [5, 5.41) is 2.67. The summed E-state index contributed by atoms with van der Waals surface area (Å²) in [6, 6.07) is 15.9. The third-order valence-electron chi connectivity index (χ3n) is 5.36. The number of hydrogen-bond donors (Lipinski definition) is 1. The molecule has 0 unspecified atom stereocenters. The van der Waals surface area contributed by atoms with Crippen LogP contribution in [0.15, 0.2) is 73.3 Å². The fourth-order valence-electron chi connectivity index (χ4n) is 3.47. The van der Waals surface area contributed by atoms with Gasteiger partial charge >= 0.3 is 0 Å². The highest BCUT2D eigenvalue weighted by Crippen LogP contribution is 2.34. The van der Waals surface area contributed by atoms with Gasteiger partial charge in [0.1, 0.15) is 5.65 Å². The maximum atomic E-state index is 10.5. The molecule has 1 amide bonds. The number of fused-ring (bicyclic) bond motifs is 1. The van der Waals surface area contributed by atoms with Crippen molar-refractivity contribution in [1.82, 2.24) is 14.4 Å². The molecule has 1 aliphatic carbocycles. The Kier molecular flexibility index (Phi) is 5.66. The zero-order valence-corrected chi connectivity index (χ0v) is 16.5. The van der Waals surface area contributed by atoms with Crippen molar-refractivity contribution in [2.45, 2.75) is 32.1 Å². The molecule has 1 aromatic carbocycles. The Balaban J connectivity index is 0.000000197. The Morgan fingerprint density at radius 3 is 2.76 bits per heavy atom. The summed E-state index contributed by atoms with van der Waals surface area (Å²) in [7, 11) is 0. The zero-order valence-electron chi connectivity index (χ0n) is 16.5. The van der Waals surface area contributed by atoms with Gasteiger partial charge in [0.15, 0.2) is 0 Å². The number of amides is 1. The molecule has 0 atom stereocenters. The second-order valence-corrected chi connectivity index (χ2v) is 7.29. The summed E-state index contributed by atoms with van der Waals surface area (Å²) in [5.41, 5.74) is 6.22. The molecule has 5 rings (SSSR count). The largest absolute Gasteiger partial charge is 0.329 e. The monoisotopic (exact) mass is 386 g/mol. The number of rotatable bonds is 4. The van der Waals surface area contributed by atoms with Crippen LogP contribution >= 0.6 is 0 Å². The predicted molar refractivity (Wildman–Crippen MR) is 118 cm³/mol. The highest BCUT2D eigenvalue weighted by atomic mass is 16.1. The van der Waals surface area contributed by atoms with Gasteiger partial charge in [0.2, 0.25) is 6.41 Å². The van der Waals surface area contributed by atoms with Crippen LogP contribution in [0.2, 0.25) is 0 Å². The second-order valence-electron chi connectivity index (χ2n) is 7.29. The van der Waals surface area contributed by atoms with Gasteiger partial charge in [-0.15, -0.1) is 0 Å². The highest BCUT2D eigenvalue weighted by Gasteiger charge is 2.19. The van der Waals surface area contributed by atoms with Gasteiger partial charge in [-0.2, -0.15) is 0 Å². The first-order chi connectivity index (χ1) is 14.2. The van der Waals surface area contributed by atoms with E-state index in [-0.39, 0.29) is 1.43 Å². The third-order valence-corrected chi connectivity index (χ3v) is 5.36. The van der Waals surface area contributed by atoms with Gasteiger partial charge in [-0.3, -0.25) is 9.78 Å². The van der Waals surface area contributed by atoms with Gasteiger partial charge in [0, 0.05) is 49.1 Å². The smallest absolute Gasteiger partial charge is 0.211 e. The van der Waals surface area contributed by atoms with Crippen LogP contribution in [-0.4, -0.2) is 20.8 Å². The molecule has 0 radical (unpaired) electrons. The lowest BCUT2D eigenvalue weighted by molar-refractivity contribution is -0.105. The summed E-state index contributed by atoms with van der Waals surface area (Å²) in [6.45, 7) is 2.04. The van der Waals surface area contributed by atoms with E-state index in [1.165, 1.54) is 25.0 Å². The number of hydrogen-bond acceptors (Lipinski definition) is 3. The number of anilines is 1. The summed E-state index contributed by atoms with van der Waals surface area (Å²) in [4.78, 5) is 19.2. The number of aryl methyl sites for hydroxylation is 1. The number of nitrogens with one attached hydrogen (secondary N) is 1. The number of nitrogens with zero attached hydrogens (tertiary/aromatic N) is 3. The minimum atomic E-state index is 0. The van der Waals surface area contributed by atoms with Crippen molar-refractivity contribution in [2.24, 2.45) is 0 Å². The van der Waals surface area contributed by atoms with E-state index in [1.807, 2.05) is 72.5 Å². The van der Waals surface area contributed by atoms with E-state index in [4.69, 9.17) is 0 Å². The molecule has 1 N–H and O–H groups in total. The Labute approximate surface area is 171 Å². The summed E-state index contributed by atoms with van der Waals surface area (Å²) < 4.78 is 1.98. The molecular formula is C24H26N4O. The molecule has 3 aromatic heterocycles. The van der Waals surface area contributed by atoms with Gasteiger partial charge in [-0.05, 0) is 67.3 Å². The maximum Gasteiger partial charge on any atom is 0.211 e. The van der Waals surface area contributed by atoms with E-state index in [9.17, 15) is 4.79 Å². The zero-order chi connectivity index (χ0) is 20.1. The van der Waals surface area contributed by atoms with Crippen LogP contribution < -0.4 is 5.32 Å². The Morgan fingerprint density at radius 2 is 2.03 bits per heavy atom. The Bertz CT molecular complexity index is 1110. The van der Waals surface area contributed by atoms with Gasteiger partial charge < -0.3 is 9.72 Å². The number of carbonyl (C=O) groups excluding carboxylic acids is 1. The van der Waals surface area contributed by atoms with E-state index in [2.05, 4.69) is 27.4 Å². The van der Waals surface area contributed by atoms with Crippen LogP contribution in [-0.2, 0) is 4.79 Å². The van der Waals surface area contributed by atoms with Crippen molar-refractivity contribution in [3.05, 3.63) is 84.6 Å². The van der Waals surface area contributed by atoms with Crippen molar-refractivity contribution < 1.29 is 6.22 Å². The van der Waals surface area contributed by atoms with Crippen LogP contribution in [0.25, 0.3) is 16.8 Å². The molecule has 4 aromatic rings. The SMILES string of the molecule is Cc1ccc(NC=O)cc1-c1cnc2cccn2c1.[HH].c1ccc(C2CCC2)nc1. The average molecular weight is 386 g/mol. The van der Waals surface area contributed by atoms with E-state index >= 15 is 0 Å². The summed E-state index contributed by atoms with van der Waals surface area (Å²) in [5.74, 6) is 0.779. The lowest BCUT2D eigenvalue weighted by Crippen LogP contribution is -2.09. The molecular weight excluding hydrogens is 360 g/mol. The van der Waals surface area contributed by atoms with Crippen LogP contribution in [0.3, 0.4) is 0 Å². The fraction of sp³-hybridized carbons (Fsp3) is 0.208. The van der Waals surface area contributed by atoms with Crippen molar-refractivity contribution in [2.75, 3.05) is 5.32 Å². The van der Waals surface area contributed by atoms with Gasteiger partial charge in [-0.1, -0.05) is 18.6 Å². The number of aromatic nitrogens is 3. The average Bonchev–Trinajstić information content (AvgIpc) is 3.17. The van der Waals surface area contributed by atoms with Crippen molar-refractivity contribution in [3.63, 3.8) is 0 Å². The fourth-order valence-corrected chi connectivity index (χ4v) is 3.47. The first-order valence-electron chi connectivity index (χ1n) is 9.89. The van der Waals surface area contributed by atoms with Crippen LogP contribution in [0.4, 0.5) is 5.69 Å². The molecule has 148 valence electrons. The van der Waals surface area contributed by atoms with E-state index in [1.54, 1.807) is 0 Å². The van der Waals surface area contributed by atoms with Crippen LogP contribution in [0.1, 0.15) is 37.9 Å². The molecule has 0 aliphatic heterocycles. The molecule has 1 aliphatic rings. The highest BCUT2D eigenvalue weighted by molar-refractivity contribution is 5.77. The van der Waals surface area contributed by atoms with Crippen molar-refractivity contribution in [3.8, 4) is 11.1 Å². The minimum absolute atomic E-state index is 0. The molecule has 5 heteroatoms. The summed E-state index contributed by atoms with van der Waals surface area (Å²) >= 11 is 0. The molecule has 0 spiro atoms. The van der Waals surface area contributed by atoms with E-state index in [0.29, 0.717) is 6.41 Å². The predicted octanol–water partition coefficient (Wildman–Crippen LogP) is 5.47. The first-order valence-corrected chi connectivity index (χ1v) is 9.89. The normalized spacial score (nSPS) is 13.3. The molecule has 0 bridgehead atoms. The molecule has 29 heavy (non-hydrogen) atoms. The lowest BCUT2D eigenvalue weighted by Gasteiger charge is -2.24. The van der Waals surface area contributed by atoms with E-state index < -0.39 is 0 Å². The lowest BCUT2D eigenvalue weighted by atomic mass is 9.83. The van der Waals surface area contributed by atoms with E-state index in [0.717, 1.165) is 33.9 Å². The first kappa shape index (κ1) is 18.9. The Hall–Kier alpha value is -3.47. The van der Waals surface area contributed by atoms with Crippen molar-refractivity contribution in [1.29, 1.82) is 0 Å². The third kappa shape index (κ3) is 4.35. The quantitative estimate of drug-likeness (QED) is 0.473. The molecule has 0 saturated heterocycles. The minimum Gasteiger partial charge on any atom is -0.329 e.